The van der Waals surface area contributed by atoms with E-state index in [1.165, 1.54) is 0 Å². The van der Waals surface area contributed by atoms with E-state index in [2.05, 4.69) is 28.4 Å². The van der Waals surface area contributed by atoms with Crippen molar-refractivity contribution in [3.63, 3.8) is 0 Å². The number of rotatable bonds is 33. The van der Waals surface area contributed by atoms with Gasteiger partial charge in [-0.1, -0.05) is 26.3 Å². The van der Waals surface area contributed by atoms with Crippen molar-refractivity contribution in [1.29, 1.82) is 0 Å². The van der Waals surface area contributed by atoms with Crippen LogP contribution in [0.4, 0.5) is 26.3 Å². The summed E-state index contributed by atoms with van der Waals surface area (Å²) in [6.45, 7) is -19.6. The smallest absolute Gasteiger partial charge is 0.298 e. The van der Waals surface area contributed by atoms with Crippen LogP contribution in [0.1, 0.15) is 0 Å². The van der Waals surface area contributed by atoms with Gasteiger partial charge in [0.2, 0.25) is 39.6 Å². The molecule has 0 saturated carbocycles. The lowest BCUT2D eigenvalue weighted by Gasteiger charge is -2.35. The number of ether oxygens (including phenoxy) is 6. The molecule has 0 aromatic heterocycles. The molecule has 0 bridgehead atoms. The van der Waals surface area contributed by atoms with Gasteiger partial charge in [0, 0.05) is 21.6 Å². The molecule has 42 nitrogen and oxygen atoms in total. The van der Waals surface area contributed by atoms with E-state index in [0.717, 1.165) is 0 Å². The molecule has 64 heavy (non-hydrogen) atoms. The molecule has 0 aromatic rings. The van der Waals surface area contributed by atoms with Crippen LogP contribution in [0.25, 0.3) is 0 Å². The highest BCUT2D eigenvalue weighted by molar-refractivity contribution is 8.77. The highest BCUT2D eigenvalue weighted by atomic mass is 33.1. The molecule has 0 heterocycles. The molecule has 0 fully saturated rings. The molecule has 362 valence electrons. The van der Waals surface area contributed by atoms with Gasteiger partial charge in [0.25, 0.3) is 0 Å². The topological polar surface area (TPSA) is 573 Å². The standard InChI is InChI=1S/C14H12F6N12O30S2/c15-7(21(33)34,22(35)36)1-57-13(58-2-8(16,23(37)38)24(39)40,59-3-9(17,25(41)42)26(43)44)63-64-14(60-4-10(18,27(45)46)28(47)48,61-5-11(19,29(49)50)30(51)52)62-6-12(20,31(53)54)32(55)56/h1-6H2. The molecular formula is C14H12F6N12O30S2. The summed E-state index contributed by atoms with van der Waals surface area (Å²) in [5.41, 5.74) is 0. The number of nitro groups is 12. The Hall–Kier alpha value is -7.16. The second-order valence-electron chi connectivity index (χ2n) is 10.3. The summed E-state index contributed by atoms with van der Waals surface area (Å²) in [4.78, 5) is 102. The molecular weight excluding hydrogens is 994 g/mol. The van der Waals surface area contributed by atoms with Crippen molar-refractivity contribution in [1.82, 2.24) is 0 Å². The van der Waals surface area contributed by atoms with E-state index in [1.807, 2.05) is 0 Å². The second-order valence-corrected chi connectivity index (χ2v) is 12.6. The first kappa shape index (κ1) is 56.8. The quantitative estimate of drug-likeness (QED) is 0.0185. The van der Waals surface area contributed by atoms with Crippen LogP contribution in [0.3, 0.4) is 0 Å². The van der Waals surface area contributed by atoms with E-state index >= 15 is 0 Å². The van der Waals surface area contributed by atoms with Crippen LogP contribution in [0, 0.1) is 121 Å². The summed E-state index contributed by atoms with van der Waals surface area (Å²) in [6.07, 6.45) is 0. The third-order valence-corrected chi connectivity index (χ3v) is 8.87. The Labute approximate surface area is 343 Å². The number of hydrogen-bond acceptors (Lipinski definition) is 32. The normalized spacial score (nSPS) is 13.0. The maximum Gasteiger partial charge on any atom is 0.637 e. The third kappa shape index (κ3) is 12.3. The zero-order chi connectivity index (χ0) is 50.8. The highest BCUT2D eigenvalue weighted by Gasteiger charge is 2.69. The van der Waals surface area contributed by atoms with Gasteiger partial charge in [-0.2, -0.15) is 0 Å². The van der Waals surface area contributed by atoms with E-state index in [9.17, 15) is 148 Å². The Balaban J connectivity index is 8.73. The van der Waals surface area contributed by atoms with Crippen LogP contribution in [0.5, 0.6) is 0 Å². The summed E-state index contributed by atoms with van der Waals surface area (Å²) in [5.74, 6) is -33.2. The summed E-state index contributed by atoms with van der Waals surface area (Å²) >= 11 is 0. The molecule has 0 aliphatic rings. The van der Waals surface area contributed by atoms with Crippen molar-refractivity contribution in [2.75, 3.05) is 39.6 Å². The first-order chi connectivity index (χ1) is 28.8. The lowest BCUT2D eigenvalue weighted by molar-refractivity contribution is -0.841. The largest absolute Gasteiger partial charge is 0.637 e. The van der Waals surface area contributed by atoms with Crippen LogP contribution >= 0.6 is 21.6 Å². The predicted octanol–water partition coefficient (Wildman–Crippen LogP) is -1.25. The van der Waals surface area contributed by atoms with Gasteiger partial charge in [0.15, 0.2) is 0 Å². The lowest BCUT2D eigenvalue weighted by Crippen LogP contribution is -2.56. The minimum Gasteiger partial charge on any atom is -0.298 e. The maximum atomic E-state index is 14.9. The van der Waals surface area contributed by atoms with Crippen molar-refractivity contribution >= 4 is 21.6 Å². The highest BCUT2D eigenvalue weighted by Crippen LogP contribution is 2.50. The molecule has 0 aliphatic carbocycles. The molecule has 0 N–H and O–H groups in total. The van der Waals surface area contributed by atoms with Crippen LogP contribution in [0.15, 0.2) is 0 Å². The summed E-state index contributed by atoms with van der Waals surface area (Å²) in [6, 6.07) is 0. The van der Waals surface area contributed by atoms with Crippen LogP contribution < -0.4 is 0 Å². The maximum absolute atomic E-state index is 14.9. The number of hydrogen-bond donors (Lipinski definition) is 0. The summed E-state index contributed by atoms with van der Waals surface area (Å²) < 4.78 is 114. The van der Waals surface area contributed by atoms with Gasteiger partial charge in [-0.05, 0) is 0 Å². The molecule has 0 rings (SSSR count). The van der Waals surface area contributed by atoms with E-state index in [0.29, 0.717) is 0 Å². The van der Waals surface area contributed by atoms with E-state index in [1.54, 1.807) is 0 Å². The third-order valence-electron chi connectivity index (χ3n) is 6.20. The van der Waals surface area contributed by atoms with E-state index in [-0.39, 0.29) is 0 Å². The van der Waals surface area contributed by atoms with Crippen molar-refractivity contribution in [3.8, 4) is 0 Å². The minimum absolute atomic E-state index is 1.78. The molecule has 0 amide bonds. The first-order valence-corrected chi connectivity index (χ1v) is 16.0. The van der Waals surface area contributed by atoms with Gasteiger partial charge in [0.1, 0.15) is 59.1 Å². The van der Waals surface area contributed by atoms with E-state index < -0.39 is 166 Å². The van der Waals surface area contributed by atoms with Crippen molar-refractivity contribution in [2.45, 2.75) is 46.1 Å². The van der Waals surface area contributed by atoms with Crippen molar-refractivity contribution < 1.29 is 114 Å². The molecule has 0 aromatic carbocycles. The molecule has 0 unspecified atom stereocenters. The van der Waals surface area contributed by atoms with Gasteiger partial charge < -0.3 is 0 Å². The van der Waals surface area contributed by atoms with Gasteiger partial charge in [-0.25, -0.2) is 0 Å². The van der Waals surface area contributed by atoms with Gasteiger partial charge >= 0.3 is 46.1 Å². The lowest BCUT2D eigenvalue weighted by atomic mass is 10.5. The average molecular weight is 1010 g/mol. The van der Waals surface area contributed by atoms with E-state index in [4.69, 9.17) is 0 Å². The van der Waals surface area contributed by atoms with Crippen LogP contribution in [-0.2, 0) is 28.4 Å². The summed E-state index contributed by atoms with van der Waals surface area (Å²) in [7, 11) is -3.55. The van der Waals surface area contributed by atoms with Gasteiger partial charge in [0.05, 0.1) is 0 Å². The second kappa shape index (κ2) is 20.4. The molecule has 0 saturated heterocycles. The number of halogens is 6. The Kier molecular flexibility index (Phi) is 18.1. The molecule has 0 radical (unpaired) electrons. The zero-order valence-electron chi connectivity index (χ0n) is 28.9. The molecule has 0 aliphatic heterocycles. The first-order valence-electron chi connectivity index (χ1n) is 13.9. The molecule has 0 spiro atoms. The Morgan fingerprint density at radius 2 is 0.359 bits per heavy atom. The molecule has 0 atom stereocenters. The minimum atomic E-state index is -5.54. The predicted molar refractivity (Wildman–Crippen MR) is 163 cm³/mol. The van der Waals surface area contributed by atoms with Crippen LogP contribution in [-0.4, -0.2) is 145 Å². The fourth-order valence-electron chi connectivity index (χ4n) is 2.61. The number of alkyl halides is 6. The SMILES string of the molecule is O=[N+]([O-])C(F)(COC(OCC(F)([N+](=O)[O-])[N+](=O)[O-])(OCC(F)([N+](=O)[O-])[N+](=O)[O-])SSC(OCC(F)([N+](=O)[O-])[N+](=O)[O-])(OCC(F)([N+](=O)[O-])[N+](=O)[O-])OCC(F)([N+](=O)[O-])[N+](=O)[O-])[N+](=O)[O-]. The number of nitrogens with zero attached hydrogens (tertiary/aromatic N) is 12. The zero-order valence-corrected chi connectivity index (χ0v) is 30.6. The van der Waals surface area contributed by atoms with Crippen molar-refractivity contribution in [2.24, 2.45) is 0 Å². The van der Waals surface area contributed by atoms with Crippen molar-refractivity contribution in [3.05, 3.63) is 121 Å². The fraction of sp³-hybridized carbons (Fsp3) is 1.00. The molecule has 50 heteroatoms. The van der Waals surface area contributed by atoms with Crippen LogP contribution in [0.2, 0.25) is 0 Å². The Morgan fingerprint density at radius 3 is 0.438 bits per heavy atom. The Bertz CT molecular complexity index is 1530. The average Bonchev–Trinajstić information content (AvgIpc) is 3.18. The van der Waals surface area contributed by atoms with Gasteiger partial charge in [-0.15, -0.1) is 0 Å². The fourth-order valence-corrected chi connectivity index (χ4v) is 4.93. The van der Waals surface area contributed by atoms with Gasteiger partial charge in [-0.3, -0.25) is 150 Å². The monoisotopic (exact) mass is 1010 g/mol. The summed E-state index contributed by atoms with van der Waals surface area (Å²) in [5, 5.41) is 124. The Morgan fingerprint density at radius 1 is 0.266 bits per heavy atom.